The molecule has 1 heterocycles. The van der Waals surface area contributed by atoms with Crippen LogP contribution in [0.1, 0.15) is 18.4 Å². The molecule has 1 fully saturated rings. The maximum Gasteiger partial charge on any atom is 0.243 e. The van der Waals surface area contributed by atoms with Crippen molar-refractivity contribution in [2.75, 3.05) is 32.9 Å². The largest absolute Gasteiger partial charge is 0.396 e. The quantitative estimate of drug-likeness (QED) is 0.854. The lowest BCUT2D eigenvalue weighted by Gasteiger charge is -2.27. The zero-order valence-corrected chi connectivity index (χ0v) is 13.5. The van der Waals surface area contributed by atoms with E-state index in [2.05, 4.69) is 0 Å². The average molecular weight is 315 g/mol. The van der Waals surface area contributed by atoms with Crippen LogP contribution in [0.5, 0.6) is 0 Å². The van der Waals surface area contributed by atoms with E-state index in [1.54, 1.807) is 6.92 Å². The van der Waals surface area contributed by atoms with Crippen molar-refractivity contribution in [1.29, 1.82) is 0 Å². The van der Waals surface area contributed by atoms with E-state index >= 15 is 0 Å². The number of rotatable bonds is 4. The van der Waals surface area contributed by atoms with E-state index in [9.17, 15) is 12.8 Å². The lowest BCUT2D eigenvalue weighted by molar-refractivity contribution is 0.291. The molecule has 2 N–H and O–H groups in total. The molecule has 5 nitrogen and oxygen atoms in total. The summed E-state index contributed by atoms with van der Waals surface area (Å²) in [6, 6.07) is 2.36. The van der Waals surface area contributed by atoms with Crippen LogP contribution in [0.3, 0.4) is 0 Å². The van der Waals surface area contributed by atoms with Crippen LogP contribution in [0.2, 0.25) is 0 Å². The number of sulfonamides is 1. The molecular weight excluding hydrogens is 293 g/mol. The molecule has 118 valence electrons. The Kier molecular flexibility index (Phi) is 4.55. The van der Waals surface area contributed by atoms with Crippen LogP contribution in [0.15, 0.2) is 17.0 Å². The van der Waals surface area contributed by atoms with Gasteiger partial charge < -0.3 is 10.6 Å². The second-order valence-corrected chi connectivity index (χ2v) is 7.67. The fourth-order valence-electron chi connectivity index (χ4n) is 2.80. The molecule has 0 saturated carbocycles. The molecule has 0 spiro atoms. The van der Waals surface area contributed by atoms with Gasteiger partial charge in [0, 0.05) is 19.1 Å². The smallest absolute Gasteiger partial charge is 0.243 e. The van der Waals surface area contributed by atoms with E-state index in [4.69, 9.17) is 5.73 Å². The van der Waals surface area contributed by atoms with Gasteiger partial charge in [-0.25, -0.2) is 12.8 Å². The summed E-state index contributed by atoms with van der Waals surface area (Å²) in [6.45, 7) is 2.76. The molecule has 1 aromatic rings. The van der Waals surface area contributed by atoms with Crippen molar-refractivity contribution in [3.05, 3.63) is 23.5 Å². The first kappa shape index (κ1) is 16.2. The molecule has 1 saturated heterocycles. The van der Waals surface area contributed by atoms with Crippen molar-refractivity contribution >= 4 is 15.7 Å². The van der Waals surface area contributed by atoms with E-state index in [1.165, 1.54) is 16.4 Å². The van der Waals surface area contributed by atoms with Crippen LogP contribution >= 0.6 is 0 Å². The van der Waals surface area contributed by atoms with Gasteiger partial charge in [-0.15, -0.1) is 0 Å². The summed E-state index contributed by atoms with van der Waals surface area (Å²) in [7, 11) is 0.198. The van der Waals surface area contributed by atoms with Gasteiger partial charge in [-0.2, -0.15) is 4.31 Å². The normalized spacial score (nSPS) is 20.3. The van der Waals surface area contributed by atoms with Crippen molar-refractivity contribution in [3.63, 3.8) is 0 Å². The van der Waals surface area contributed by atoms with Gasteiger partial charge in [0.2, 0.25) is 10.0 Å². The predicted octanol–water partition coefficient (Wildman–Crippen LogP) is 1.43. The third-order valence-corrected chi connectivity index (χ3v) is 5.87. The molecule has 2 rings (SSSR count). The van der Waals surface area contributed by atoms with Crippen LogP contribution in [0.25, 0.3) is 0 Å². The highest BCUT2D eigenvalue weighted by Gasteiger charge is 2.36. The fraction of sp³-hybridized carbons (Fsp3) is 0.571. The maximum absolute atomic E-state index is 13.4. The van der Waals surface area contributed by atoms with Crippen LogP contribution in [0.4, 0.5) is 10.1 Å². The van der Waals surface area contributed by atoms with Crippen molar-refractivity contribution in [1.82, 2.24) is 9.21 Å². The zero-order valence-electron chi connectivity index (χ0n) is 12.6. The second-order valence-electron chi connectivity index (χ2n) is 5.81. The van der Waals surface area contributed by atoms with E-state index in [0.717, 1.165) is 12.8 Å². The highest BCUT2D eigenvalue weighted by molar-refractivity contribution is 7.89. The van der Waals surface area contributed by atoms with Crippen LogP contribution in [0, 0.1) is 12.7 Å². The number of anilines is 1. The van der Waals surface area contributed by atoms with Crippen LogP contribution < -0.4 is 5.73 Å². The minimum atomic E-state index is -3.64. The summed E-state index contributed by atoms with van der Waals surface area (Å²) in [5, 5.41) is 0. The van der Waals surface area contributed by atoms with Crippen molar-refractivity contribution in [2.45, 2.75) is 30.7 Å². The number of halogens is 1. The molecule has 0 amide bonds. The summed E-state index contributed by atoms with van der Waals surface area (Å²) in [4.78, 5) is 2.08. The van der Waals surface area contributed by atoms with Crippen LogP contribution in [-0.4, -0.2) is 50.8 Å². The Bertz CT molecular complexity index is 631. The van der Waals surface area contributed by atoms with E-state index in [0.29, 0.717) is 18.7 Å². The maximum atomic E-state index is 13.4. The Hall–Kier alpha value is -1.18. The molecule has 1 atom stereocenters. The average Bonchev–Trinajstić information content (AvgIpc) is 2.81. The summed E-state index contributed by atoms with van der Waals surface area (Å²) >= 11 is 0. The number of aryl methyl sites for hydroxylation is 1. The minimum absolute atomic E-state index is 0.0457. The SMILES string of the molecule is Cc1cc(F)c(N)cc1S(=O)(=O)N1CCCC1CN(C)C. The first-order chi connectivity index (χ1) is 9.73. The number of benzene rings is 1. The predicted molar refractivity (Wildman–Crippen MR) is 81.0 cm³/mol. The molecule has 1 aliphatic rings. The third kappa shape index (κ3) is 3.20. The van der Waals surface area contributed by atoms with Crippen molar-refractivity contribution in [2.24, 2.45) is 0 Å². The summed E-state index contributed by atoms with van der Waals surface area (Å²) in [6.07, 6.45) is 1.68. The van der Waals surface area contributed by atoms with Gasteiger partial charge in [-0.05, 0) is 51.6 Å². The van der Waals surface area contributed by atoms with Crippen LogP contribution in [-0.2, 0) is 10.0 Å². The fourth-order valence-corrected chi connectivity index (χ4v) is 4.73. The molecule has 0 aliphatic carbocycles. The zero-order chi connectivity index (χ0) is 15.8. The summed E-state index contributed by atoms with van der Waals surface area (Å²) in [5.41, 5.74) is 5.78. The molecular formula is C14H22FN3O2S. The Labute approximate surface area is 125 Å². The molecule has 21 heavy (non-hydrogen) atoms. The van der Waals surface area contributed by atoms with Gasteiger partial charge in [0.05, 0.1) is 10.6 Å². The van der Waals surface area contributed by atoms with E-state index in [-0.39, 0.29) is 16.6 Å². The molecule has 1 unspecified atom stereocenters. The third-order valence-electron chi connectivity index (χ3n) is 3.78. The monoisotopic (exact) mass is 315 g/mol. The number of nitrogens with two attached hydrogens (primary N) is 1. The Morgan fingerprint density at radius 1 is 1.43 bits per heavy atom. The number of hydrogen-bond donors (Lipinski definition) is 1. The minimum Gasteiger partial charge on any atom is -0.396 e. The topological polar surface area (TPSA) is 66.6 Å². The molecule has 1 aliphatic heterocycles. The number of nitrogens with zero attached hydrogens (tertiary/aromatic N) is 2. The molecule has 0 bridgehead atoms. The summed E-state index contributed by atoms with van der Waals surface area (Å²) < 4.78 is 40.6. The van der Waals surface area contributed by atoms with E-state index in [1.807, 2.05) is 19.0 Å². The molecule has 0 aromatic heterocycles. The van der Waals surface area contributed by atoms with Gasteiger partial charge in [-0.3, -0.25) is 0 Å². The highest BCUT2D eigenvalue weighted by Crippen LogP contribution is 2.30. The number of hydrogen-bond acceptors (Lipinski definition) is 4. The first-order valence-electron chi connectivity index (χ1n) is 6.95. The molecule has 0 radical (unpaired) electrons. The summed E-state index contributed by atoms with van der Waals surface area (Å²) in [5.74, 6) is -0.585. The van der Waals surface area contributed by atoms with E-state index < -0.39 is 15.8 Å². The Morgan fingerprint density at radius 2 is 2.10 bits per heavy atom. The van der Waals surface area contributed by atoms with Gasteiger partial charge >= 0.3 is 0 Å². The lowest BCUT2D eigenvalue weighted by Crippen LogP contribution is -2.41. The Balaban J connectivity index is 2.40. The van der Waals surface area contributed by atoms with Gasteiger partial charge in [-0.1, -0.05) is 0 Å². The van der Waals surface area contributed by atoms with Gasteiger partial charge in [0.25, 0.3) is 0 Å². The standard InChI is InChI=1S/C14H22FN3O2S/c1-10-7-12(15)13(16)8-14(10)21(19,20)18-6-4-5-11(18)9-17(2)3/h7-8,11H,4-6,9,16H2,1-3H3. The van der Waals surface area contributed by atoms with Crippen molar-refractivity contribution in [3.8, 4) is 0 Å². The number of nitrogen functional groups attached to an aromatic ring is 1. The van der Waals surface area contributed by atoms with Gasteiger partial charge in [0.15, 0.2) is 0 Å². The highest BCUT2D eigenvalue weighted by atomic mass is 32.2. The van der Waals surface area contributed by atoms with Crippen molar-refractivity contribution < 1.29 is 12.8 Å². The second kappa shape index (κ2) is 5.90. The Morgan fingerprint density at radius 3 is 2.71 bits per heavy atom. The first-order valence-corrected chi connectivity index (χ1v) is 8.39. The van der Waals surface area contributed by atoms with Gasteiger partial charge in [0.1, 0.15) is 5.82 Å². The molecule has 7 heteroatoms. The molecule has 1 aromatic carbocycles. The lowest BCUT2D eigenvalue weighted by atomic mass is 10.2. The number of likely N-dealkylation sites (N-methyl/N-ethyl adjacent to an activating group) is 1.